The van der Waals surface area contributed by atoms with Gasteiger partial charge in [-0.2, -0.15) is 0 Å². The average molecular weight is 243 g/mol. The second-order valence-corrected chi connectivity index (χ2v) is 7.27. The van der Waals surface area contributed by atoms with Crippen molar-refractivity contribution in [3.05, 3.63) is 29.8 Å². The van der Waals surface area contributed by atoms with Crippen LogP contribution in [0.5, 0.6) is 0 Å². The van der Waals surface area contributed by atoms with Crippen LogP contribution in [0.15, 0.2) is 24.3 Å². The summed E-state index contributed by atoms with van der Waals surface area (Å²) in [6.45, 7) is 0. The van der Waals surface area contributed by atoms with Crippen LogP contribution in [0.2, 0.25) is 0 Å². The molecule has 0 spiro atoms. The van der Waals surface area contributed by atoms with Crippen LogP contribution in [-0.2, 0) is 10.4 Å². The van der Waals surface area contributed by atoms with Crippen LogP contribution >= 0.6 is 39.9 Å². The van der Waals surface area contributed by atoms with E-state index in [4.69, 9.17) is 34.1 Å². The molecule has 0 unspecified atom stereocenters. The summed E-state index contributed by atoms with van der Waals surface area (Å²) in [4.78, 5) is 0. The summed E-state index contributed by atoms with van der Waals surface area (Å²) < 4.78 is 11.3. The Bertz CT molecular complexity index is 320. The van der Waals surface area contributed by atoms with Crippen molar-refractivity contribution in [2.24, 2.45) is 0 Å². The van der Waals surface area contributed by atoms with Crippen molar-refractivity contribution in [3.8, 4) is 0 Å². The van der Waals surface area contributed by atoms with E-state index >= 15 is 0 Å². The molecule has 0 radical (unpaired) electrons. The Kier molecular flexibility index (Phi) is 3.48. The number of rotatable bonds is 2. The van der Waals surface area contributed by atoms with Gasteiger partial charge in [-0.25, -0.2) is 0 Å². The smallest absolute Gasteiger partial charge is 0.282 e. The van der Waals surface area contributed by atoms with Gasteiger partial charge in [-0.05, 0) is 34.1 Å². The van der Waals surface area contributed by atoms with Gasteiger partial charge in [-0.1, -0.05) is 18.2 Å². The summed E-state index contributed by atoms with van der Waals surface area (Å²) in [7, 11) is 0. The molecule has 0 aliphatic rings. The molecule has 12 heavy (non-hydrogen) atoms. The first-order valence-corrected chi connectivity index (χ1v) is 7.24. The van der Waals surface area contributed by atoms with Gasteiger partial charge in [0.1, 0.15) is 0 Å². The maximum Gasteiger partial charge on any atom is 0.282 e. The molecule has 5 heteroatoms. The predicted octanol–water partition coefficient (Wildman–Crippen LogP) is 3.72. The van der Waals surface area contributed by atoms with Crippen LogP contribution < -0.4 is 5.30 Å². The fourth-order valence-corrected chi connectivity index (χ4v) is 2.94. The van der Waals surface area contributed by atoms with Gasteiger partial charge < -0.3 is 0 Å². The molecule has 0 heterocycles. The molecule has 0 atom stereocenters. The third-order valence-corrected chi connectivity index (χ3v) is 3.79. The Labute approximate surface area is 85.6 Å². The third-order valence-electron chi connectivity index (χ3n) is 1.42. The van der Waals surface area contributed by atoms with Crippen LogP contribution in [0, 0.1) is 0 Å². The first-order valence-electron chi connectivity index (χ1n) is 3.19. The molecule has 0 aliphatic carbocycles. The number of halogens is 3. The van der Waals surface area contributed by atoms with Crippen molar-refractivity contribution < 1.29 is 4.57 Å². The molecule has 0 saturated heterocycles. The molecule has 0 aromatic heterocycles. The first-order chi connectivity index (χ1) is 5.55. The summed E-state index contributed by atoms with van der Waals surface area (Å²) in [6, 6.07) is 6.89. The molecular formula is C7H6Cl3OP. The molecular weight excluding hydrogens is 237 g/mol. The lowest BCUT2D eigenvalue weighted by molar-refractivity contribution is 0.597. The van der Waals surface area contributed by atoms with E-state index in [9.17, 15) is 4.57 Å². The Morgan fingerprint density at radius 2 is 1.83 bits per heavy atom. The van der Waals surface area contributed by atoms with E-state index in [-0.39, 0.29) is 5.88 Å². The highest BCUT2D eigenvalue weighted by molar-refractivity contribution is 8.13. The van der Waals surface area contributed by atoms with E-state index < -0.39 is 5.85 Å². The van der Waals surface area contributed by atoms with Crippen LogP contribution in [0.1, 0.15) is 5.56 Å². The monoisotopic (exact) mass is 242 g/mol. The maximum atomic E-state index is 11.3. The van der Waals surface area contributed by atoms with E-state index in [1.165, 1.54) is 0 Å². The van der Waals surface area contributed by atoms with Gasteiger partial charge in [0.25, 0.3) is 5.85 Å². The van der Waals surface area contributed by atoms with Crippen molar-refractivity contribution in [2.75, 3.05) is 0 Å². The average Bonchev–Trinajstić information content (AvgIpc) is 2.03. The van der Waals surface area contributed by atoms with Crippen molar-refractivity contribution >= 4 is 45.2 Å². The van der Waals surface area contributed by atoms with Gasteiger partial charge in [0.15, 0.2) is 0 Å². The van der Waals surface area contributed by atoms with Crippen molar-refractivity contribution in [3.63, 3.8) is 0 Å². The van der Waals surface area contributed by atoms with E-state index in [1.54, 1.807) is 24.3 Å². The fraction of sp³-hybridized carbons (Fsp3) is 0.143. The SMILES string of the molecule is O=P(Cl)(Cl)c1ccccc1CCl. The Morgan fingerprint density at radius 3 is 2.25 bits per heavy atom. The summed E-state index contributed by atoms with van der Waals surface area (Å²) in [6.07, 6.45) is 0. The molecule has 0 bridgehead atoms. The van der Waals surface area contributed by atoms with Crippen LogP contribution in [0.4, 0.5) is 0 Å². The zero-order valence-corrected chi connectivity index (χ0v) is 9.17. The minimum atomic E-state index is -3.21. The molecule has 0 aliphatic heterocycles. The van der Waals surface area contributed by atoms with Crippen molar-refractivity contribution in [2.45, 2.75) is 5.88 Å². The van der Waals surface area contributed by atoms with Gasteiger partial charge in [-0.3, -0.25) is 4.57 Å². The minimum Gasteiger partial charge on any atom is -0.284 e. The lowest BCUT2D eigenvalue weighted by atomic mass is 10.2. The van der Waals surface area contributed by atoms with Gasteiger partial charge in [0.2, 0.25) is 0 Å². The Hall–Kier alpha value is 0.320. The summed E-state index contributed by atoms with van der Waals surface area (Å²) in [5.41, 5.74) is 0.715. The lowest BCUT2D eigenvalue weighted by Crippen LogP contribution is -2.03. The third kappa shape index (κ3) is 2.40. The molecule has 0 amide bonds. The second-order valence-electron chi connectivity index (χ2n) is 2.22. The zero-order chi connectivity index (χ0) is 9.19. The van der Waals surface area contributed by atoms with Crippen LogP contribution in [0.3, 0.4) is 0 Å². The summed E-state index contributed by atoms with van der Waals surface area (Å²) in [5.74, 6) is -2.95. The number of hydrogen-bond donors (Lipinski definition) is 0. The maximum absolute atomic E-state index is 11.3. The molecule has 1 nitrogen and oxygen atoms in total. The highest BCUT2D eigenvalue weighted by atomic mass is 35.9. The molecule has 1 rings (SSSR count). The summed E-state index contributed by atoms with van der Waals surface area (Å²) >= 11 is 16.6. The minimum absolute atomic E-state index is 0.263. The van der Waals surface area contributed by atoms with E-state index in [0.717, 1.165) is 0 Å². The molecule has 1 aromatic carbocycles. The van der Waals surface area contributed by atoms with Gasteiger partial charge in [0.05, 0.1) is 0 Å². The molecule has 66 valence electrons. The standard InChI is InChI=1S/C7H6Cl3OP/c8-5-6-3-1-2-4-7(6)12(9,10)11/h1-4H,5H2. The predicted molar refractivity (Wildman–Crippen MR) is 54.9 cm³/mol. The molecule has 0 saturated carbocycles. The number of alkyl halides is 1. The fourth-order valence-electron chi connectivity index (χ4n) is 0.878. The summed E-state index contributed by atoms with van der Waals surface area (Å²) in [5, 5.41) is 0.434. The highest BCUT2D eigenvalue weighted by Crippen LogP contribution is 2.55. The lowest BCUT2D eigenvalue weighted by Gasteiger charge is -2.06. The Balaban J connectivity index is 3.23. The zero-order valence-electron chi connectivity index (χ0n) is 6.01. The topological polar surface area (TPSA) is 17.1 Å². The van der Waals surface area contributed by atoms with E-state index in [1.807, 2.05) is 0 Å². The first kappa shape index (κ1) is 10.4. The number of benzene rings is 1. The largest absolute Gasteiger partial charge is 0.284 e. The molecule has 1 aromatic rings. The Morgan fingerprint density at radius 1 is 1.25 bits per heavy atom. The van der Waals surface area contributed by atoms with Crippen LogP contribution in [-0.4, -0.2) is 0 Å². The number of hydrogen-bond acceptors (Lipinski definition) is 1. The molecule has 0 fully saturated rings. The normalized spacial score (nSPS) is 11.6. The highest BCUT2D eigenvalue weighted by Gasteiger charge is 2.20. The van der Waals surface area contributed by atoms with E-state index in [2.05, 4.69) is 0 Å². The second kappa shape index (κ2) is 4.02. The quantitative estimate of drug-likeness (QED) is 0.571. The van der Waals surface area contributed by atoms with Gasteiger partial charge in [0, 0.05) is 11.2 Å². The van der Waals surface area contributed by atoms with Crippen molar-refractivity contribution in [1.29, 1.82) is 0 Å². The van der Waals surface area contributed by atoms with Crippen LogP contribution in [0.25, 0.3) is 0 Å². The van der Waals surface area contributed by atoms with E-state index in [0.29, 0.717) is 10.9 Å². The van der Waals surface area contributed by atoms with Crippen molar-refractivity contribution in [1.82, 2.24) is 0 Å². The van der Waals surface area contributed by atoms with Gasteiger partial charge in [-0.15, -0.1) is 11.6 Å². The molecule has 0 N–H and O–H groups in total. The van der Waals surface area contributed by atoms with Gasteiger partial charge >= 0.3 is 0 Å².